The van der Waals surface area contributed by atoms with E-state index in [4.69, 9.17) is 4.74 Å². The Morgan fingerprint density at radius 3 is 2.39 bits per heavy atom. The van der Waals surface area contributed by atoms with Crippen LogP contribution >= 0.6 is 0 Å². The van der Waals surface area contributed by atoms with E-state index in [9.17, 15) is 14.7 Å². The first kappa shape index (κ1) is 15.0. The predicted molar refractivity (Wildman–Crippen MR) is 67.3 cm³/mol. The normalized spacial score (nSPS) is 18.7. The van der Waals surface area contributed by atoms with Gasteiger partial charge in [-0.2, -0.15) is 0 Å². The van der Waals surface area contributed by atoms with Gasteiger partial charge in [0.05, 0.1) is 5.41 Å². The number of carboxylic acid groups (broad SMARTS) is 1. The number of methoxy groups -OCH3 is 1. The molecule has 0 bridgehead atoms. The van der Waals surface area contributed by atoms with E-state index < -0.39 is 11.4 Å². The fraction of sp³-hybridized carbons (Fsp3) is 0.846. The lowest BCUT2D eigenvalue weighted by molar-refractivity contribution is -0.154. The van der Waals surface area contributed by atoms with Gasteiger partial charge in [-0.05, 0) is 25.7 Å². The van der Waals surface area contributed by atoms with Crippen molar-refractivity contribution in [1.82, 2.24) is 4.90 Å². The minimum Gasteiger partial charge on any atom is -0.481 e. The molecule has 0 aliphatic carbocycles. The maximum absolute atomic E-state index is 11.9. The third-order valence-corrected chi connectivity index (χ3v) is 3.94. The molecular formula is C13H23NO4. The lowest BCUT2D eigenvalue weighted by Gasteiger charge is -2.38. The zero-order valence-corrected chi connectivity index (χ0v) is 11.3. The third kappa shape index (κ3) is 3.45. The molecule has 0 unspecified atom stereocenters. The van der Waals surface area contributed by atoms with Crippen LogP contribution in [0, 0.1) is 5.41 Å². The molecular weight excluding hydrogens is 234 g/mol. The molecule has 1 aliphatic rings. The van der Waals surface area contributed by atoms with Gasteiger partial charge in [-0.1, -0.05) is 6.92 Å². The maximum Gasteiger partial charge on any atom is 0.309 e. The molecule has 0 saturated carbocycles. The van der Waals surface area contributed by atoms with Gasteiger partial charge in [-0.15, -0.1) is 0 Å². The molecule has 18 heavy (non-hydrogen) atoms. The van der Waals surface area contributed by atoms with Crippen molar-refractivity contribution in [2.45, 2.75) is 39.0 Å². The minimum absolute atomic E-state index is 0.113. The lowest BCUT2D eigenvalue weighted by atomic mass is 9.76. The molecule has 5 nitrogen and oxygen atoms in total. The zero-order chi connectivity index (χ0) is 13.6. The van der Waals surface area contributed by atoms with E-state index in [-0.39, 0.29) is 5.91 Å². The number of piperidine rings is 1. The first-order chi connectivity index (χ1) is 8.55. The largest absolute Gasteiger partial charge is 0.481 e. The number of hydrogen-bond donors (Lipinski definition) is 1. The molecule has 1 rings (SSSR count). The molecule has 0 spiro atoms. The van der Waals surface area contributed by atoms with Gasteiger partial charge in [-0.25, -0.2) is 0 Å². The first-order valence-electron chi connectivity index (χ1n) is 6.56. The number of carboxylic acids is 1. The highest BCUT2D eigenvalue weighted by molar-refractivity contribution is 5.78. The van der Waals surface area contributed by atoms with Gasteiger partial charge in [0.25, 0.3) is 0 Å². The van der Waals surface area contributed by atoms with Crippen LogP contribution in [-0.4, -0.2) is 48.7 Å². The van der Waals surface area contributed by atoms with Crippen molar-refractivity contribution < 1.29 is 19.4 Å². The second-order valence-corrected chi connectivity index (χ2v) is 4.92. The summed E-state index contributed by atoms with van der Waals surface area (Å²) in [4.78, 5) is 24.9. The number of likely N-dealkylation sites (tertiary alicyclic amines) is 1. The lowest BCUT2D eigenvalue weighted by Crippen LogP contribution is -2.46. The van der Waals surface area contributed by atoms with Crippen LogP contribution in [0.15, 0.2) is 0 Å². The van der Waals surface area contributed by atoms with Crippen molar-refractivity contribution in [1.29, 1.82) is 0 Å². The summed E-state index contributed by atoms with van der Waals surface area (Å²) in [6.07, 6.45) is 2.97. The van der Waals surface area contributed by atoms with Gasteiger partial charge < -0.3 is 14.7 Å². The standard InChI is InChI=1S/C13H23NO4/c1-3-13(12(16)17)6-8-14(9-7-13)11(15)5-4-10-18-2/h3-10H2,1-2H3,(H,16,17). The van der Waals surface area contributed by atoms with Crippen LogP contribution in [0.5, 0.6) is 0 Å². The summed E-state index contributed by atoms with van der Waals surface area (Å²) in [5.74, 6) is -0.612. The Morgan fingerprint density at radius 1 is 1.33 bits per heavy atom. The van der Waals surface area contributed by atoms with Gasteiger partial charge in [0, 0.05) is 33.2 Å². The monoisotopic (exact) mass is 257 g/mol. The predicted octanol–water partition coefficient (Wildman–Crippen LogP) is 1.52. The molecule has 0 radical (unpaired) electrons. The fourth-order valence-corrected chi connectivity index (χ4v) is 2.43. The third-order valence-electron chi connectivity index (χ3n) is 3.94. The van der Waals surface area contributed by atoms with Gasteiger partial charge in [0.1, 0.15) is 0 Å². The van der Waals surface area contributed by atoms with Crippen LogP contribution in [0.2, 0.25) is 0 Å². The highest BCUT2D eigenvalue weighted by Crippen LogP contribution is 2.35. The number of carbonyl (C=O) groups excluding carboxylic acids is 1. The second-order valence-electron chi connectivity index (χ2n) is 4.92. The molecule has 1 saturated heterocycles. The molecule has 104 valence electrons. The Balaban J connectivity index is 2.43. The number of rotatable bonds is 6. The van der Waals surface area contributed by atoms with E-state index in [1.54, 1.807) is 12.0 Å². The number of hydrogen-bond acceptors (Lipinski definition) is 3. The average molecular weight is 257 g/mol. The highest BCUT2D eigenvalue weighted by Gasteiger charge is 2.40. The summed E-state index contributed by atoms with van der Waals surface area (Å²) in [6, 6.07) is 0. The van der Waals surface area contributed by atoms with E-state index in [1.807, 2.05) is 6.92 Å². The van der Waals surface area contributed by atoms with Gasteiger partial charge >= 0.3 is 5.97 Å². The van der Waals surface area contributed by atoms with Crippen LogP contribution < -0.4 is 0 Å². The minimum atomic E-state index is -0.725. The van der Waals surface area contributed by atoms with Crippen molar-refractivity contribution in [2.24, 2.45) is 5.41 Å². The molecule has 5 heteroatoms. The summed E-state index contributed by atoms with van der Waals surface area (Å²) < 4.78 is 4.91. The summed E-state index contributed by atoms with van der Waals surface area (Å²) in [5, 5.41) is 9.27. The average Bonchev–Trinajstić information content (AvgIpc) is 2.38. The summed E-state index contributed by atoms with van der Waals surface area (Å²) >= 11 is 0. The number of nitrogens with zero attached hydrogens (tertiary/aromatic N) is 1. The van der Waals surface area contributed by atoms with Gasteiger partial charge in [0.15, 0.2) is 0 Å². The van der Waals surface area contributed by atoms with Crippen molar-refractivity contribution in [3.63, 3.8) is 0 Å². The Labute approximate surface area is 108 Å². The number of amides is 1. The van der Waals surface area contributed by atoms with Crippen LogP contribution in [-0.2, 0) is 14.3 Å². The quantitative estimate of drug-likeness (QED) is 0.732. The van der Waals surface area contributed by atoms with Crippen molar-refractivity contribution in [3.05, 3.63) is 0 Å². The Kier molecular flexibility index (Phi) is 5.59. The molecule has 0 aromatic rings. The molecule has 0 aromatic carbocycles. The molecule has 0 atom stereocenters. The Hall–Kier alpha value is -1.10. The molecule has 1 fully saturated rings. The Bertz CT molecular complexity index is 295. The fourth-order valence-electron chi connectivity index (χ4n) is 2.43. The van der Waals surface area contributed by atoms with Crippen molar-refractivity contribution >= 4 is 11.9 Å². The van der Waals surface area contributed by atoms with E-state index in [1.165, 1.54) is 0 Å². The smallest absolute Gasteiger partial charge is 0.309 e. The highest BCUT2D eigenvalue weighted by atomic mass is 16.5. The molecule has 1 heterocycles. The van der Waals surface area contributed by atoms with Gasteiger partial charge in [0.2, 0.25) is 5.91 Å². The summed E-state index contributed by atoms with van der Waals surface area (Å²) in [7, 11) is 1.62. The molecule has 1 amide bonds. The van der Waals surface area contributed by atoms with E-state index in [0.29, 0.717) is 45.4 Å². The molecule has 1 aliphatic heterocycles. The maximum atomic E-state index is 11.9. The zero-order valence-electron chi connectivity index (χ0n) is 11.3. The van der Waals surface area contributed by atoms with Gasteiger partial charge in [-0.3, -0.25) is 9.59 Å². The van der Waals surface area contributed by atoms with E-state index in [0.717, 1.165) is 6.42 Å². The van der Waals surface area contributed by atoms with E-state index in [2.05, 4.69) is 0 Å². The SMILES string of the molecule is CCC1(C(=O)O)CCN(C(=O)CCCOC)CC1. The van der Waals surface area contributed by atoms with Crippen molar-refractivity contribution in [2.75, 3.05) is 26.8 Å². The number of carbonyl (C=O) groups is 2. The Morgan fingerprint density at radius 2 is 1.94 bits per heavy atom. The molecule has 1 N–H and O–H groups in total. The van der Waals surface area contributed by atoms with Crippen LogP contribution in [0.3, 0.4) is 0 Å². The van der Waals surface area contributed by atoms with E-state index >= 15 is 0 Å². The summed E-state index contributed by atoms with van der Waals surface area (Å²) in [6.45, 7) is 3.62. The first-order valence-corrected chi connectivity index (χ1v) is 6.56. The number of aliphatic carboxylic acids is 1. The second kappa shape index (κ2) is 6.73. The van der Waals surface area contributed by atoms with Crippen LogP contribution in [0.25, 0.3) is 0 Å². The topological polar surface area (TPSA) is 66.8 Å². The number of ether oxygens (including phenoxy) is 1. The van der Waals surface area contributed by atoms with Crippen molar-refractivity contribution in [3.8, 4) is 0 Å². The summed E-state index contributed by atoms with van der Waals surface area (Å²) in [5.41, 5.74) is -0.622. The molecule has 0 aromatic heterocycles. The van der Waals surface area contributed by atoms with Crippen LogP contribution in [0.1, 0.15) is 39.0 Å². The van der Waals surface area contributed by atoms with Crippen LogP contribution in [0.4, 0.5) is 0 Å².